The second kappa shape index (κ2) is 8.91. The van der Waals surface area contributed by atoms with E-state index >= 15 is 0 Å². The molecule has 152 valence electrons. The number of amides is 2. The summed E-state index contributed by atoms with van der Waals surface area (Å²) in [7, 11) is 0. The van der Waals surface area contributed by atoms with Crippen molar-refractivity contribution in [1.82, 2.24) is 5.32 Å². The molecule has 3 aromatic rings. The Morgan fingerprint density at radius 3 is 2.07 bits per heavy atom. The molecule has 0 aliphatic carbocycles. The summed E-state index contributed by atoms with van der Waals surface area (Å²) in [4.78, 5) is 26.9. The Kier molecular flexibility index (Phi) is 5.89. The summed E-state index contributed by atoms with van der Waals surface area (Å²) in [5.41, 5.74) is 2.80. The minimum absolute atomic E-state index is 0.0577. The molecular formula is C25H23FN2O2. The van der Waals surface area contributed by atoms with Crippen LogP contribution in [0.3, 0.4) is 0 Å². The average Bonchev–Trinajstić information content (AvgIpc) is 3.13. The van der Waals surface area contributed by atoms with Crippen molar-refractivity contribution in [2.24, 2.45) is 0 Å². The lowest BCUT2D eigenvalue weighted by atomic mass is 9.88. The Balaban J connectivity index is 1.44. The second-order valence-corrected chi connectivity index (χ2v) is 7.53. The highest BCUT2D eigenvalue weighted by atomic mass is 19.1. The van der Waals surface area contributed by atoms with Crippen molar-refractivity contribution >= 4 is 17.5 Å². The molecule has 0 radical (unpaired) electrons. The molecule has 0 bridgehead atoms. The fourth-order valence-corrected chi connectivity index (χ4v) is 3.95. The number of hydrogen-bond acceptors (Lipinski definition) is 2. The molecule has 1 atom stereocenters. The molecule has 5 heteroatoms. The van der Waals surface area contributed by atoms with Crippen LogP contribution in [0.4, 0.5) is 10.1 Å². The van der Waals surface area contributed by atoms with Crippen molar-refractivity contribution in [2.45, 2.75) is 24.8 Å². The molecule has 1 fully saturated rings. The molecule has 0 saturated carbocycles. The first-order valence-electron chi connectivity index (χ1n) is 10.1. The van der Waals surface area contributed by atoms with Gasteiger partial charge in [0, 0.05) is 31.0 Å². The first kappa shape index (κ1) is 19.8. The molecular weight excluding hydrogens is 379 g/mol. The Morgan fingerprint density at radius 1 is 0.933 bits per heavy atom. The monoisotopic (exact) mass is 402 g/mol. The van der Waals surface area contributed by atoms with Gasteiger partial charge in [0.1, 0.15) is 5.82 Å². The van der Waals surface area contributed by atoms with E-state index in [-0.39, 0.29) is 36.0 Å². The fraction of sp³-hybridized carbons (Fsp3) is 0.200. The zero-order valence-corrected chi connectivity index (χ0v) is 16.5. The number of carbonyl (C=O) groups is 2. The molecule has 3 aromatic carbocycles. The molecule has 1 unspecified atom stereocenters. The van der Waals surface area contributed by atoms with E-state index in [0.29, 0.717) is 18.7 Å². The van der Waals surface area contributed by atoms with Crippen LogP contribution >= 0.6 is 0 Å². The topological polar surface area (TPSA) is 49.4 Å². The predicted molar refractivity (Wildman–Crippen MR) is 115 cm³/mol. The van der Waals surface area contributed by atoms with Crippen LogP contribution in [-0.4, -0.2) is 24.4 Å². The lowest BCUT2D eigenvalue weighted by molar-refractivity contribution is -0.122. The number of rotatable bonds is 6. The van der Waals surface area contributed by atoms with Crippen molar-refractivity contribution in [2.75, 3.05) is 11.4 Å². The van der Waals surface area contributed by atoms with Gasteiger partial charge in [0.25, 0.3) is 0 Å². The van der Waals surface area contributed by atoms with Gasteiger partial charge in [-0.2, -0.15) is 0 Å². The first-order chi connectivity index (χ1) is 14.6. The minimum atomic E-state index is -0.344. The Labute approximate surface area is 175 Å². The molecule has 1 aliphatic heterocycles. The Morgan fingerprint density at radius 2 is 1.50 bits per heavy atom. The number of carbonyl (C=O) groups excluding carboxylic acids is 2. The lowest BCUT2D eigenvalue weighted by Crippen LogP contribution is -2.37. The maximum absolute atomic E-state index is 13.2. The molecule has 1 N–H and O–H groups in total. The van der Waals surface area contributed by atoms with E-state index < -0.39 is 0 Å². The third-order valence-corrected chi connectivity index (χ3v) is 5.42. The largest absolute Gasteiger partial charge is 0.351 e. The summed E-state index contributed by atoms with van der Waals surface area (Å²) >= 11 is 0. The summed E-state index contributed by atoms with van der Waals surface area (Å²) in [5, 5.41) is 3.01. The van der Waals surface area contributed by atoms with Crippen molar-refractivity contribution < 1.29 is 14.0 Å². The smallest absolute Gasteiger partial charge is 0.229 e. The zero-order valence-electron chi connectivity index (χ0n) is 16.5. The third kappa shape index (κ3) is 4.57. The fourth-order valence-electron chi connectivity index (χ4n) is 3.95. The van der Waals surface area contributed by atoms with Crippen LogP contribution in [0, 0.1) is 5.82 Å². The molecule has 1 saturated heterocycles. The van der Waals surface area contributed by atoms with E-state index in [9.17, 15) is 14.0 Å². The highest BCUT2D eigenvalue weighted by molar-refractivity contribution is 5.96. The highest BCUT2D eigenvalue weighted by Crippen LogP contribution is 2.28. The van der Waals surface area contributed by atoms with Crippen LogP contribution in [0.1, 0.15) is 29.9 Å². The van der Waals surface area contributed by atoms with Crippen LogP contribution in [0.15, 0.2) is 84.9 Å². The van der Waals surface area contributed by atoms with Gasteiger partial charge in [-0.25, -0.2) is 4.39 Å². The van der Waals surface area contributed by atoms with Gasteiger partial charge in [-0.3, -0.25) is 9.59 Å². The Hall–Kier alpha value is -3.47. The van der Waals surface area contributed by atoms with E-state index in [1.807, 2.05) is 60.7 Å². The second-order valence-electron chi connectivity index (χ2n) is 7.53. The molecule has 1 aliphatic rings. The van der Waals surface area contributed by atoms with E-state index in [0.717, 1.165) is 11.1 Å². The van der Waals surface area contributed by atoms with E-state index in [2.05, 4.69) is 5.32 Å². The van der Waals surface area contributed by atoms with Gasteiger partial charge in [0.15, 0.2) is 0 Å². The molecule has 1 heterocycles. The molecule has 2 amide bonds. The summed E-state index contributed by atoms with van der Waals surface area (Å²) in [6.45, 7) is 0.386. The highest BCUT2D eigenvalue weighted by Gasteiger charge is 2.32. The Bertz CT molecular complexity index is 967. The molecule has 0 spiro atoms. The summed E-state index contributed by atoms with van der Waals surface area (Å²) in [6.07, 6.45) is 0.541. The predicted octanol–water partition coefficient (Wildman–Crippen LogP) is 4.27. The maximum atomic E-state index is 13.2. The number of hydrogen-bond donors (Lipinski definition) is 1. The van der Waals surface area contributed by atoms with Crippen molar-refractivity contribution in [1.29, 1.82) is 0 Å². The number of nitrogens with one attached hydrogen (secondary N) is 1. The van der Waals surface area contributed by atoms with Crippen LogP contribution < -0.4 is 10.2 Å². The number of nitrogens with zero attached hydrogens (tertiary/aromatic N) is 1. The van der Waals surface area contributed by atoms with Gasteiger partial charge in [0.05, 0.1) is 6.04 Å². The summed E-state index contributed by atoms with van der Waals surface area (Å²) < 4.78 is 13.2. The average molecular weight is 402 g/mol. The van der Waals surface area contributed by atoms with Crippen LogP contribution in [-0.2, 0) is 9.59 Å². The summed E-state index contributed by atoms with van der Waals surface area (Å²) in [6, 6.07) is 25.5. The third-order valence-electron chi connectivity index (χ3n) is 5.42. The standard InChI is InChI=1S/C25H23FN2O2/c26-20-11-13-22(14-12-20)28-17-21(15-25(28)30)27-24(29)16-23(18-7-3-1-4-8-18)19-9-5-2-6-10-19/h1-14,21,23H,15-17H2,(H,27,29). The molecule has 4 rings (SSSR count). The minimum Gasteiger partial charge on any atom is -0.351 e. The van der Waals surface area contributed by atoms with E-state index in [1.165, 1.54) is 12.1 Å². The first-order valence-corrected chi connectivity index (χ1v) is 10.1. The van der Waals surface area contributed by atoms with Crippen LogP contribution in [0.25, 0.3) is 0 Å². The molecule has 4 nitrogen and oxygen atoms in total. The lowest BCUT2D eigenvalue weighted by Gasteiger charge is -2.20. The molecule has 30 heavy (non-hydrogen) atoms. The maximum Gasteiger partial charge on any atom is 0.229 e. The number of anilines is 1. The van der Waals surface area contributed by atoms with Crippen LogP contribution in [0.5, 0.6) is 0 Å². The SMILES string of the molecule is O=C(CC(c1ccccc1)c1ccccc1)NC1CC(=O)N(c2ccc(F)cc2)C1. The van der Waals surface area contributed by atoms with Crippen molar-refractivity contribution in [3.8, 4) is 0 Å². The van der Waals surface area contributed by atoms with E-state index in [4.69, 9.17) is 0 Å². The molecule has 0 aromatic heterocycles. The quantitative estimate of drug-likeness (QED) is 0.669. The van der Waals surface area contributed by atoms with Gasteiger partial charge in [-0.1, -0.05) is 60.7 Å². The van der Waals surface area contributed by atoms with Gasteiger partial charge in [-0.15, -0.1) is 0 Å². The normalized spacial score (nSPS) is 16.1. The van der Waals surface area contributed by atoms with Gasteiger partial charge < -0.3 is 10.2 Å². The number of benzene rings is 3. The van der Waals surface area contributed by atoms with E-state index in [1.54, 1.807) is 17.0 Å². The zero-order chi connectivity index (χ0) is 20.9. The van der Waals surface area contributed by atoms with Gasteiger partial charge >= 0.3 is 0 Å². The van der Waals surface area contributed by atoms with Crippen LogP contribution in [0.2, 0.25) is 0 Å². The summed E-state index contributed by atoms with van der Waals surface area (Å²) in [5.74, 6) is -0.568. The van der Waals surface area contributed by atoms with Gasteiger partial charge in [0.2, 0.25) is 11.8 Å². The van der Waals surface area contributed by atoms with Crippen molar-refractivity contribution in [3.63, 3.8) is 0 Å². The van der Waals surface area contributed by atoms with Crippen molar-refractivity contribution in [3.05, 3.63) is 102 Å². The number of halogens is 1. The van der Waals surface area contributed by atoms with Gasteiger partial charge in [-0.05, 0) is 35.4 Å².